The third-order valence-electron chi connectivity index (χ3n) is 4.56. The van der Waals surface area contributed by atoms with E-state index in [0.717, 1.165) is 5.56 Å². The molecule has 1 amide bonds. The molecule has 0 saturated heterocycles. The van der Waals surface area contributed by atoms with Crippen molar-refractivity contribution in [2.45, 2.75) is 6.92 Å². The second-order valence-electron chi connectivity index (χ2n) is 6.55. The van der Waals surface area contributed by atoms with Gasteiger partial charge in [-0.25, -0.2) is 4.79 Å². The van der Waals surface area contributed by atoms with Crippen LogP contribution in [0, 0.1) is 0 Å². The average molecular weight is 417 g/mol. The van der Waals surface area contributed by atoms with Crippen LogP contribution in [0.1, 0.15) is 17.3 Å². The van der Waals surface area contributed by atoms with Gasteiger partial charge in [-0.15, -0.1) is 10.2 Å². The number of nitrogens with zero attached hydrogens (tertiary/aromatic N) is 2. The van der Waals surface area contributed by atoms with Gasteiger partial charge < -0.3 is 19.2 Å². The van der Waals surface area contributed by atoms with E-state index in [1.54, 1.807) is 54.6 Å². The number of aromatic nitrogens is 2. The Morgan fingerprint density at radius 3 is 2.55 bits per heavy atom. The van der Waals surface area contributed by atoms with E-state index in [2.05, 4.69) is 15.5 Å². The normalized spacial score (nSPS) is 10.6. The van der Waals surface area contributed by atoms with E-state index in [1.807, 2.05) is 6.92 Å². The zero-order valence-electron chi connectivity index (χ0n) is 16.9. The molecule has 2 aromatic carbocycles. The number of amides is 1. The van der Waals surface area contributed by atoms with E-state index >= 15 is 0 Å². The van der Waals surface area contributed by atoms with Crippen LogP contribution in [0.3, 0.4) is 0 Å². The maximum atomic E-state index is 12.7. The molecule has 4 aromatic rings. The minimum atomic E-state index is -0.734. The number of fused-ring (bicyclic) bond motifs is 1. The van der Waals surface area contributed by atoms with E-state index in [-0.39, 0.29) is 5.56 Å². The lowest BCUT2D eigenvalue weighted by atomic mass is 10.1. The Labute approximate surface area is 177 Å². The van der Waals surface area contributed by atoms with Gasteiger partial charge in [-0.3, -0.25) is 4.79 Å². The van der Waals surface area contributed by atoms with Gasteiger partial charge in [0.2, 0.25) is 5.88 Å². The molecule has 2 aromatic heterocycles. The summed E-state index contributed by atoms with van der Waals surface area (Å²) in [6.45, 7) is 2.27. The van der Waals surface area contributed by atoms with Crippen LogP contribution in [0.25, 0.3) is 22.2 Å². The van der Waals surface area contributed by atoms with E-state index in [0.29, 0.717) is 40.6 Å². The van der Waals surface area contributed by atoms with Gasteiger partial charge in [0.1, 0.15) is 5.56 Å². The molecule has 0 aliphatic heterocycles. The number of methoxy groups -OCH3 is 1. The van der Waals surface area contributed by atoms with Crippen LogP contribution in [0.2, 0.25) is 0 Å². The first-order valence-electron chi connectivity index (χ1n) is 9.58. The van der Waals surface area contributed by atoms with E-state index < -0.39 is 11.5 Å². The molecule has 0 bridgehead atoms. The van der Waals surface area contributed by atoms with Gasteiger partial charge in [-0.05, 0) is 37.3 Å². The summed E-state index contributed by atoms with van der Waals surface area (Å²) in [6, 6.07) is 17.3. The Kier molecular flexibility index (Phi) is 5.61. The topological polar surface area (TPSA) is 104 Å². The highest BCUT2D eigenvalue weighted by Gasteiger charge is 2.16. The summed E-state index contributed by atoms with van der Waals surface area (Å²) in [5.41, 5.74) is 1.50. The Morgan fingerprint density at radius 1 is 1.06 bits per heavy atom. The van der Waals surface area contributed by atoms with Crippen LogP contribution in [0.5, 0.6) is 11.6 Å². The molecule has 0 fully saturated rings. The highest BCUT2D eigenvalue weighted by molar-refractivity contribution is 6.05. The second kappa shape index (κ2) is 8.66. The number of rotatable bonds is 6. The van der Waals surface area contributed by atoms with Crippen LogP contribution < -0.4 is 20.4 Å². The molecule has 0 spiro atoms. The number of ether oxygens (including phenoxy) is 2. The number of hydrogen-bond acceptors (Lipinski definition) is 7. The molecule has 0 aliphatic carbocycles. The quantitative estimate of drug-likeness (QED) is 0.474. The molecular formula is C23H19N3O5. The number of anilines is 1. The monoisotopic (exact) mass is 417 g/mol. The fourth-order valence-electron chi connectivity index (χ4n) is 3.05. The summed E-state index contributed by atoms with van der Waals surface area (Å²) < 4.78 is 15.8. The standard InChI is InChI=1S/C23H19N3O5/c1-3-30-19-6-4-5-15-13-17(23(28)31-21(15)19)22(27)24-16-9-7-14(8-10-16)18-11-12-20(29-2)26-25-18/h4-13H,3H2,1-2H3,(H,24,27). The van der Waals surface area contributed by atoms with Gasteiger partial charge in [0.25, 0.3) is 5.91 Å². The molecule has 2 heterocycles. The minimum absolute atomic E-state index is 0.0914. The molecule has 156 valence electrons. The molecule has 0 aliphatic rings. The van der Waals surface area contributed by atoms with Crippen molar-refractivity contribution in [3.8, 4) is 22.9 Å². The van der Waals surface area contributed by atoms with Crippen LogP contribution in [0.4, 0.5) is 5.69 Å². The lowest BCUT2D eigenvalue weighted by molar-refractivity contribution is 0.102. The molecule has 8 heteroatoms. The van der Waals surface area contributed by atoms with E-state index in [4.69, 9.17) is 13.9 Å². The smallest absolute Gasteiger partial charge is 0.349 e. The van der Waals surface area contributed by atoms with Crippen LogP contribution in [-0.2, 0) is 0 Å². The molecule has 4 rings (SSSR count). The average Bonchev–Trinajstić information content (AvgIpc) is 2.80. The van der Waals surface area contributed by atoms with Crippen molar-refractivity contribution < 1.29 is 18.7 Å². The van der Waals surface area contributed by atoms with Gasteiger partial charge in [0, 0.05) is 22.7 Å². The van der Waals surface area contributed by atoms with Crippen LogP contribution in [-0.4, -0.2) is 29.8 Å². The molecular weight excluding hydrogens is 398 g/mol. The first kappa shape index (κ1) is 20.1. The largest absolute Gasteiger partial charge is 0.490 e. The summed E-state index contributed by atoms with van der Waals surface area (Å²) in [5.74, 6) is 0.325. The highest BCUT2D eigenvalue weighted by atomic mass is 16.5. The van der Waals surface area contributed by atoms with Crippen molar-refractivity contribution >= 4 is 22.6 Å². The molecule has 1 N–H and O–H groups in total. The summed E-state index contributed by atoms with van der Waals surface area (Å²) in [4.78, 5) is 25.1. The highest BCUT2D eigenvalue weighted by Crippen LogP contribution is 2.25. The first-order valence-corrected chi connectivity index (χ1v) is 9.58. The minimum Gasteiger partial charge on any atom is -0.490 e. The SMILES string of the molecule is CCOc1cccc2cc(C(=O)Nc3ccc(-c4ccc(OC)nn4)cc3)c(=O)oc12. The predicted molar refractivity (Wildman–Crippen MR) is 116 cm³/mol. The Balaban J connectivity index is 1.55. The first-order chi connectivity index (χ1) is 15.1. The number of para-hydroxylation sites is 1. The third kappa shape index (κ3) is 4.23. The zero-order valence-corrected chi connectivity index (χ0v) is 16.9. The fraction of sp³-hybridized carbons (Fsp3) is 0.130. The molecule has 0 radical (unpaired) electrons. The van der Waals surface area contributed by atoms with E-state index in [1.165, 1.54) is 13.2 Å². The van der Waals surface area contributed by atoms with Crippen molar-refractivity contribution in [1.82, 2.24) is 10.2 Å². The van der Waals surface area contributed by atoms with Gasteiger partial charge in [0.15, 0.2) is 11.3 Å². The number of benzene rings is 2. The van der Waals surface area contributed by atoms with Crippen molar-refractivity contribution in [1.29, 1.82) is 0 Å². The van der Waals surface area contributed by atoms with Crippen molar-refractivity contribution in [2.75, 3.05) is 19.0 Å². The summed E-state index contributed by atoms with van der Waals surface area (Å²) in [6.07, 6.45) is 0. The Bertz CT molecular complexity index is 1280. The zero-order chi connectivity index (χ0) is 21.8. The van der Waals surface area contributed by atoms with Crippen molar-refractivity contribution in [3.63, 3.8) is 0 Å². The maximum Gasteiger partial charge on any atom is 0.349 e. The number of carbonyl (C=O) groups excluding carboxylic acids is 1. The van der Waals surface area contributed by atoms with Crippen LogP contribution in [0.15, 0.2) is 69.9 Å². The fourth-order valence-corrected chi connectivity index (χ4v) is 3.05. The molecule has 0 atom stereocenters. The predicted octanol–water partition coefficient (Wildman–Crippen LogP) is 3.91. The van der Waals surface area contributed by atoms with Gasteiger partial charge in [-0.1, -0.05) is 24.3 Å². The summed E-state index contributed by atoms with van der Waals surface area (Å²) in [5, 5.41) is 11.3. The third-order valence-corrected chi connectivity index (χ3v) is 4.56. The summed E-state index contributed by atoms with van der Waals surface area (Å²) >= 11 is 0. The Morgan fingerprint density at radius 2 is 1.87 bits per heavy atom. The van der Waals surface area contributed by atoms with Crippen molar-refractivity contribution in [3.05, 3.63) is 76.6 Å². The van der Waals surface area contributed by atoms with Gasteiger partial charge in [-0.2, -0.15) is 0 Å². The lowest BCUT2D eigenvalue weighted by Crippen LogP contribution is -2.20. The maximum absolute atomic E-state index is 12.7. The Hall–Kier alpha value is -4.20. The number of hydrogen-bond donors (Lipinski definition) is 1. The molecule has 0 saturated carbocycles. The number of nitrogens with one attached hydrogen (secondary N) is 1. The van der Waals surface area contributed by atoms with Crippen LogP contribution >= 0.6 is 0 Å². The molecule has 0 unspecified atom stereocenters. The second-order valence-corrected chi connectivity index (χ2v) is 6.55. The lowest BCUT2D eigenvalue weighted by Gasteiger charge is -2.08. The van der Waals surface area contributed by atoms with Gasteiger partial charge in [0.05, 0.1) is 19.4 Å². The summed E-state index contributed by atoms with van der Waals surface area (Å²) in [7, 11) is 1.52. The van der Waals surface area contributed by atoms with Crippen molar-refractivity contribution in [2.24, 2.45) is 0 Å². The molecule has 31 heavy (non-hydrogen) atoms. The van der Waals surface area contributed by atoms with E-state index in [9.17, 15) is 9.59 Å². The molecule has 8 nitrogen and oxygen atoms in total. The number of carbonyl (C=O) groups is 1. The van der Waals surface area contributed by atoms with Gasteiger partial charge >= 0.3 is 5.63 Å².